The van der Waals surface area contributed by atoms with Crippen LogP contribution in [-0.2, 0) is 10.3 Å². The normalized spacial score (nSPS) is 13.0. The highest BCUT2D eigenvalue weighted by atomic mass is 79.9. The van der Waals surface area contributed by atoms with E-state index < -0.39 is 17.7 Å². The second kappa shape index (κ2) is 13.3. The molecule has 0 amide bonds. The highest BCUT2D eigenvalue weighted by Crippen LogP contribution is 2.41. The molecule has 0 aliphatic rings. The Morgan fingerprint density at radius 3 is 1.76 bits per heavy atom. The van der Waals surface area contributed by atoms with E-state index in [1.165, 1.54) is 0 Å². The van der Waals surface area contributed by atoms with Crippen molar-refractivity contribution in [2.45, 2.75) is 17.7 Å². The van der Waals surface area contributed by atoms with Crippen LogP contribution in [0.15, 0.2) is 132 Å². The van der Waals surface area contributed by atoms with Crippen LogP contribution in [0.2, 0.25) is 0 Å². The molecule has 4 nitrogen and oxygen atoms in total. The number of hydrogen-bond donors (Lipinski definition) is 1. The molecule has 0 aliphatic heterocycles. The molecule has 4 rings (SSSR count). The summed E-state index contributed by atoms with van der Waals surface area (Å²) in [4.78, 5) is 1.91. The van der Waals surface area contributed by atoms with Gasteiger partial charge in [-0.1, -0.05) is 131 Å². The smallest absolute Gasteiger partial charge is 0.143 e. The zero-order chi connectivity index (χ0) is 26.8. The Morgan fingerprint density at radius 1 is 0.842 bits per heavy atom. The molecule has 2 atom stereocenters. The highest BCUT2D eigenvalue weighted by Gasteiger charge is 2.40. The SMILES string of the molecule is C=CCN(CC#N)[C@@H](COC(c1ccccc1)(c1ccccc1)c1ccccc1)[C@H](O)c1ccccc1Br. The second-order valence-electron chi connectivity index (χ2n) is 9.00. The molecule has 0 heterocycles. The van der Waals surface area contributed by atoms with Crippen molar-refractivity contribution in [2.75, 3.05) is 19.7 Å². The Morgan fingerprint density at radius 2 is 1.32 bits per heavy atom. The average Bonchev–Trinajstić information content (AvgIpc) is 2.97. The van der Waals surface area contributed by atoms with E-state index >= 15 is 0 Å². The molecule has 38 heavy (non-hydrogen) atoms. The zero-order valence-electron chi connectivity index (χ0n) is 21.2. The van der Waals surface area contributed by atoms with Gasteiger partial charge in [-0.15, -0.1) is 6.58 Å². The lowest BCUT2D eigenvalue weighted by Crippen LogP contribution is -2.46. The lowest BCUT2D eigenvalue weighted by atomic mass is 9.80. The first-order chi connectivity index (χ1) is 18.6. The lowest BCUT2D eigenvalue weighted by molar-refractivity contribution is -0.0539. The summed E-state index contributed by atoms with van der Waals surface area (Å²) in [5.74, 6) is 0. The summed E-state index contributed by atoms with van der Waals surface area (Å²) in [6.45, 7) is 4.58. The molecule has 1 N–H and O–H groups in total. The topological polar surface area (TPSA) is 56.5 Å². The van der Waals surface area contributed by atoms with Crippen molar-refractivity contribution in [1.29, 1.82) is 5.26 Å². The van der Waals surface area contributed by atoms with Gasteiger partial charge < -0.3 is 9.84 Å². The summed E-state index contributed by atoms with van der Waals surface area (Å²) in [5, 5.41) is 21.3. The van der Waals surface area contributed by atoms with Crippen LogP contribution in [0.3, 0.4) is 0 Å². The highest BCUT2D eigenvalue weighted by molar-refractivity contribution is 9.10. The summed E-state index contributed by atoms with van der Waals surface area (Å²) in [6, 6.07) is 39.7. The standard InChI is InChI=1S/C33H31BrN2O2/c1-2-23-36(24-22-35)31(32(37)29-20-12-13-21-30(29)34)25-38-33(26-14-6-3-7-15-26,27-16-8-4-9-17-27)28-18-10-5-11-19-28/h2-21,31-32,37H,1,23-25H2/t31-,32+/m0/s1. The van der Waals surface area contributed by atoms with Crippen LogP contribution >= 0.6 is 15.9 Å². The van der Waals surface area contributed by atoms with Crippen molar-refractivity contribution >= 4 is 15.9 Å². The summed E-state index contributed by atoms with van der Waals surface area (Å²) in [7, 11) is 0. The molecule has 0 radical (unpaired) electrons. The Hall–Kier alpha value is -3.53. The summed E-state index contributed by atoms with van der Waals surface area (Å²) in [6.07, 6.45) is 0.828. The Labute approximate surface area is 233 Å². The molecule has 4 aromatic rings. The number of nitrogens with zero attached hydrogens (tertiary/aromatic N) is 2. The molecule has 0 aromatic heterocycles. The van der Waals surface area contributed by atoms with E-state index in [1.807, 2.05) is 83.8 Å². The third kappa shape index (κ3) is 5.96. The van der Waals surface area contributed by atoms with E-state index in [2.05, 4.69) is 65.0 Å². The number of nitriles is 1. The maximum atomic E-state index is 11.7. The molecule has 5 heteroatoms. The van der Waals surface area contributed by atoms with Crippen LogP contribution in [0.1, 0.15) is 28.4 Å². The summed E-state index contributed by atoms with van der Waals surface area (Å²) in [5.41, 5.74) is 2.71. The molecule has 0 saturated heterocycles. The van der Waals surface area contributed by atoms with Crippen molar-refractivity contribution in [3.63, 3.8) is 0 Å². The summed E-state index contributed by atoms with van der Waals surface area (Å²) < 4.78 is 7.85. The molecular weight excluding hydrogens is 536 g/mol. The Balaban J connectivity index is 1.85. The quantitative estimate of drug-likeness (QED) is 0.115. The minimum absolute atomic E-state index is 0.122. The number of benzene rings is 4. The van der Waals surface area contributed by atoms with Gasteiger partial charge in [0.15, 0.2) is 0 Å². The van der Waals surface area contributed by atoms with Crippen molar-refractivity contribution in [1.82, 2.24) is 4.90 Å². The van der Waals surface area contributed by atoms with E-state index in [1.54, 1.807) is 6.08 Å². The van der Waals surface area contributed by atoms with Crippen LogP contribution in [0.4, 0.5) is 0 Å². The van der Waals surface area contributed by atoms with E-state index in [9.17, 15) is 10.4 Å². The number of halogens is 1. The Bertz CT molecular complexity index is 1240. The minimum atomic E-state index is -0.942. The van der Waals surface area contributed by atoms with Gasteiger partial charge in [0.2, 0.25) is 0 Å². The van der Waals surface area contributed by atoms with Gasteiger partial charge in [-0.3, -0.25) is 4.90 Å². The Kier molecular flexibility index (Phi) is 9.64. The first-order valence-electron chi connectivity index (χ1n) is 12.6. The molecule has 0 saturated carbocycles. The van der Waals surface area contributed by atoms with Gasteiger partial charge in [0.1, 0.15) is 5.60 Å². The van der Waals surface area contributed by atoms with Gasteiger partial charge in [-0.05, 0) is 28.3 Å². The van der Waals surface area contributed by atoms with Gasteiger partial charge in [0.05, 0.1) is 31.4 Å². The van der Waals surface area contributed by atoms with Gasteiger partial charge in [-0.25, -0.2) is 0 Å². The maximum absolute atomic E-state index is 11.7. The minimum Gasteiger partial charge on any atom is -0.387 e. The predicted molar refractivity (Wildman–Crippen MR) is 155 cm³/mol. The van der Waals surface area contributed by atoms with Crippen LogP contribution in [0, 0.1) is 11.3 Å². The maximum Gasteiger partial charge on any atom is 0.143 e. The predicted octanol–water partition coefficient (Wildman–Crippen LogP) is 6.87. The van der Waals surface area contributed by atoms with Crippen molar-refractivity contribution in [3.8, 4) is 6.07 Å². The van der Waals surface area contributed by atoms with Crippen molar-refractivity contribution in [2.24, 2.45) is 0 Å². The molecular formula is C33H31BrN2O2. The zero-order valence-corrected chi connectivity index (χ0v) is 22.7. The van der Waals surface area contributed by atoms with Crippen LogP contribution in [-0.4, -0.2) is 35.7 Å². The van der Waals surface area contributed by atoms with Crippen LogP contribution in [0.25, 0.3) is 0 Å². The van der Waals surface area contributed by atoms with Gasteiger partial charge in [0, 0.05) is 11.0 Å². The third-order valence-corrected chi connectivity index (χ3v) is 7.43. The molecule has 0 bridgehead atoms. The van der Waals surface area contributed by atoms with Gasteiger partial charge in [-0.2, -0.15) is 5.26 Å². The monoisotopic (exact) mass is 566 g/mol. The number of rotatable bonds is 12. The van der Waals surface area contributed by atoms with Crippen molar-refractivity contribution < 1.29 is 9.84 Å². The van der Waals surface area contributed by atoms with Crippen molar-refractivity contribution in [3.05, 3.63) is 155 Å². The fourth-order valence-corrected chi connectivity index (χ4v) is 5.39. The third-order valence-electron chi connectivity index (χ3n) is 6.71. The first-order valence-corrected chi connectivity index (χ1v) is 13.4. The van der Waals surface area contributed by atoms with Gasteiger partial charge >= 0.3 is 0 Å². The molecule has 0 aliphatic carbocycles. The summed E-state index contributed by atoms with van der Waals surface area (Å²) >= 11 is 3.59. The fraction of sp³-hybridized carbons (Fsp3) is 0.182. The van der Waals surface area contributed by atoms with E-state index in [0.29, 0.717) is 6.54 Å². The average molecular weight is 568 g/mol. The fourth-order valence-electron chi connectivity index (χ4n) is 4.87. The van der Waals surface area contributed by atoms with E-state index in [-0.39, 0.29) is 13.2 Å². The van der Waals surface area contributed by atoms with Crippen LogP contribution in [0.5, 0.6) is 0 Å². The molecule has 4 aromatic carbocycles. The molecule has 0 fully saturated rings. The largest absolute Gasteiger partial charge is 0.387 e. The number of hydrogen-bond acceptors (Lipinski definition) is 4. The number of aliphatic hydroxyl groups is 1. The van der Waals surface area contributed by atoms with E-state index in [0.717, 1.165) is 26.7 Å². The second-order valence-corrected chi connectivity index (χ2v) is 9.85. The number of aliphatic hydroxyl groups excluding tert-OH is 1. The lowest BCUT2D eigenvalue weighted by Gasteiger charge is -2.40. The molecule has 0 unspecified atom stereocenters. The number of ether oxygens (including phenoxy) is 1. The van der Waals surface area contributed by atoms with E-state index in [4.69, 9.17) is 4.74 Å². The molecule has 192 valence electrons. The van der Waals surface area contributed by atoms with Gasteiger partial charge in [0.25, 0.3) is 0 Å². The first kappa shape index (κ1) is 27.5. The molecule has 0 spiro atoms. The van der Waals surface area contributed by atoms with Crippen LogP contribution < -0.4 is 0 Å².